The van der Waals surface area contributed by atoms with Crippen molar-refractivity contribution in [3.05, 3.63) is 0 Å². The highest BCUT2D eigenvalue weighted by atomic mass is 16.5. The maximum Gasteiger partial charge on any atom is 0.326 e. The van der Waals surface area contributed by atoms with Crippen LogP contribution in [0, 0.1) is 0 Å². The Morgan fingerprint density at radius 3 is 2.50 bits per heavy atom. The minimum atomic E-state index is -0.602. The Bertz CT molecular complexity index is 46.8. The van der Waals surface area contributed by atoms with Gasteiger partial charge in [0.05, 0.1) is 0 Å². The molecule has 4 heteroatoms. The van der Waals surface area contributed by atoms with Crippen LogP contribution in [0.2, 0.25) is 0 Å². The lowest BCUT2D eigenvalue weighted by Crippen LogP contribution is -2.05. The van der Waals surface area contributed by atoms with E-state index in [0.29, 0.717) is 0 Å². The minimum absolute atomic E-state index is 0.531. The van der Waals surface area contributed by atoms with Crippen LogP contribution < -0.4 is 0 Å². The zero-order chi connectivity index (χ0) is 4.99. The molecule has 0 atom stereocenters. The van der Waals surface area contributed by atoms with Gasteiger partial charge >= 0.3 is 14.0 Å². The van der Waals surface area contributed by atoms with Gasteiger partial charge in [-0.2, -0.15) is 0 Å². The number of carbonyl (C=O) groups is 1. The van der Waals surface area contributed by atoms with E-state index in [9.17, 15) is 4.79 Å². The largest absolute Gasteiger partial charge is 0.542 e. The van der Waals surface area contributed by atoms with E-state index in [1.165, 1.54) is 8.05 Å². The molecule has 0 aromatic rings. The van der Waals surface area contributed by atoms with E-state index < -0.39 is 12.6 Å². The summed E-state index contributed by atoms with van der Waals surface area (Å²) in [6.07, 6.45) is 0. The molecular formula is C2H5BO3. The van der Waals surface area contributed by atoms with Crippen LogP contribution in [0.25, 0.3) is 0 Å². The van der Waals surface area contributed by atoms with Crippen LogP contribution in [0.3, 0.4) is 0 Å². The van der Waals surface area contributed by atoms with Crippen molar-refractivity contribution in [3.63, 3.8) is 0 Å². The van der Waals surface area contributed by atoms with E-state index in [2.05, 4.69) is 4.65 Å². The van der Waals surface area contributed by atoms with Crippen LogP contribution in [0.1, 0.15) is 0 Å². The molecule has 1 N–H and O–H groups in total. The highest BCUT2D eigenvalue weighted by molar-refractivity contribution is 6.05. The van der Waals surface area contributed by atoms with Gasteiger partial charge in [-0.3, -0.25) is 4.79 Å². The highest BCUT2D eigenvalue weighted by Crippen LogP contribution is 1.62. The fourth-order valence-corrected chi connectivity index (χ4v) is 0.0645. The molecule has 0 spiro atoms. The molecule has 0 aromatic carbocycles. The zero-order valence-electron chi connectivity index (χ0n) is 3.47. The van der Waals surface area contributed by atoms with Gasteiger partial charge in [0.2, 0.25) is 0 Å². The molecule has 0 fully saturated rings. The van der Waals surface area contributed by atoms with Crippen LogP contribution in [-0.2, 0) is 9.45 Å². The average Bonchev–Trinajstić information content (AvgIpc) is 1.65. The van der Waals surface area contributed by atoms with Gasteiger partial charge in [-0.25, -0.2) is 0 Å². The van der Waals surface area contributed by atoms with Gasteiger partial charge in [0.25, 0.3) is 0 Å². The number of rotatable bonds is 1. The molecular weight excluding hydrogens is 82.8 g/mol. The Balaban J connectivity index is 2.99. The van der Waals surface area contributed by atoms with Crippen molar-refractivity contribution in [2.45, 2.75) is 0 Å². The van der Waals surface area contributed by atoms with Gasteiger partial charge in [0.15, 0.2) is 0 Å². The first-order valence-electron chi connectivity index (χ1n) is 1.49. The molecule has 0 aliphatic carbocycles. The van der Waals surface area contributed by atoms with Gasteiger partial charge in [0, 0.05) is 0 Å². The van der Waals surface area contributed by atoms with Gasteiger partial charge in [-0.1, -0.05) is 0 Å². The second kappa shape index (κ2) is 2.72. The lowest BCUT2D eigenvalue weighted by molar-refractivity contribution is -0.137. The second-order valence-corrected chi connectivity index (χ2v) is 0.734. The normalized spacial score (nSPS) is 7.50. The molecule has 0 rings (SSSR count). The SMILES string of the molecule is BOC(=O)CO. The summed E-state index contributed by atoms with van der Waals surface area (Å²) in [5, 5.41) is 7.86. The van der Waals surface area contributed by atoms with E-state index >= 15 is 0 Å². The summed E-state index contributed by atoms with van der Waals surface area (Å²) in [5.41, 5.74) is 0. The van der Waals surface area contributed by atoms with Crippen LogP contribution >= 0.6 is 0 Å². The topological polar surface area (TPSA) is 46.5 Å². The molecule has 0 heterocycles. The van der Waals surface area contributed by atoms with E-state index in [-0.39, 0.29) is 0 Å². The second-order valence-electron chi connectivity index (χ2n) is 0.734. The maximum absolute atomic E-state index is 9.71. The Morgan fingerprint density at radius 2 is 2.50 bits per heavy atom. The van der Waals surface area contributed by atoms with Crippen molar-refractivity contribution in [1.82, 2.24) is 0 Å². The predicted octanol–water partition coefficient (Wildman–Crippen LogP) is -1.93. The summed E-state index contributed by atoms with van der Waals surface area (Å²) in [4.78, 5) is 9.71. The Hall–Kier alpha value is -0.505. The summed E-state index contributed by atoms with van der Waals surface area (Å²) >= 11 is 0. The predicted molar refractivity (Wildman–Crippen MR) is 21.7 cm³/mol. The van der Waals surface area contributed by atoms with Crippen molar-refractivity contribution in [1.29, 1.82) is 0 Å². The number of hydrogen-bond acceptors (Lipinski definition) is 3. The Labute approximate surface area is 36.4 Å². The molecule has 34 valence electrons. The van der Waals surface area contributed by atoms with Crippen LogP contribution in [0.15, 0.2) is 0 Å². The third-order valence-corrected chi connectivity index (χ3v) is 0.357. The fourth-order valence-electron chi connectivity index (χ4n) is 0.0645. The van der Waals surface area contributed by atoms with Crippen molar-refractivity contribution < 1.29 is 14.6 Å². The average molecular weight is 87.9 g/mol. The minimum Gasteiger partial charge on any atom is -0.542 e. The molecule has 0 amide bonds. The Kier molecular flexibility index (Phi) is 2.49. The van der Waals surface area contributed by atoms with Gasteiger partial charge in [-0.05, 0) is 0 Å². The number of hydrogen-bond donors (Lipinski definition) is 1. The maximum atomic E-state index is 9.71. The molecule has 3 nitrogen and oxygen atoms in total. The summed E-state index contributed by atoms with van der Waals surface area (Å²) in [5.74, 6) is -0.602. The highest BCUT2D eigenvalue weighted by Gasteiger charge is 1.88. The fraction of sp³-hybridized carbons (Fsp3) is 0.500. The van der Waals surface area contributed by atoms with Crippen molar-refractivity contribution in [2.24, 2.45) is 0 Å². The Morgan fingerprint density at radius 1 is 2.00 bits per heavy atom. The summed E-state index contributed by atoms with van der Waals surface area (Å²) in [6, 6.07) is 0. The first kappa shape index (κ1) is 5.49. The van der Waals surface area contributed by atoms with Crippen molar-refractivity contribution in [2.75, 3.05) is 6.61 Å². The van der Waals surface area contributed by atoms with Gasteiger partial charge in [0.1, 0.15) is 6.61 Å². The molecule has 6 heavy (non-hydrogen) atoms. The van der Waals surface area contributed by atoms with Crippen LogP contribution in [0.4, 0.5) is 0 Å². The van der Waals surface area contributed by atoms with Crippen molar-refractivity contribution >= 4 is 14.0 Å². The third-order valence-electron chi connectivity index (χ3n) is 0.357. The van der Waals surface area contributed by atoms with E-state index in [0.717, 1.165) is 0 Å². The number of carbonyl (C=O) groups excluding carboxylic acids is 1. The molecule has 0 aromatic heterocycles. The standard InChI is InChI=1S/C2H5BO3/c3-6-2(5)1-4/h4H,1,3H2. The summed E-state index contributed by atoms with van der Waals surface area (Å²) in [7, 11) is 1.22. The smallest absolute Gasteiger partial charge is 0.326 e. The first-order chi connectivity index (χ1) is 2.81. The monoisotopic (exact) mass is 88.0 g/mol. The molecule has 0 saturated carbocycles. The van der Waals surface area contributed by atoms with Crippen LogP contribution in [0.5, 0.6) is 0 Å². The molecule has 0 aliphatic heterocycles. The lowest BCUT2D eigenvalue weighted by Gasteiger charge is -1.87. The van der Waals surface area contributed by atoms with E-state index in [1.54, 1.807) is 0 Å². The molecule has 0 bridgehead atoms. The van der Waals surface area contributed by atoms with E-state index in [1.807, 2.05) is 0 Å². The quantitative estimate of drug-likeness (QED) is 0.379. The van der Waals surface area contributed by atoms with Gasteiger partial charge in [-0.15, -0.1) is 0 Å². The summed E-state index contributed by atoms with van der Waals surface area (Å²) < 4.78 is 4.01. The lowest BCUT2D eigenvalue weighted by atomic mass is 10.5. The van der Waals surface area contributed by atoms with E-state index in [4.69, 9.17) is 5.11 Å². The number of aliphatic hydroxyl groups is 1. The molecule has 0 radical (unpaired) electrons. The van der Waals surface area contributed by atoms with Gasteiger partial charge < -0.3 is 9.76 Å². The molecule has 0 unspecified atom stereocenters. The first-order valence-corrected chi connectivity index (χ1v) is 1.49. The third kappa shape index (κ3) is 1.78. The summed E-state index contributed by atoms with van der Waals surface area (Å²) in [6.45, 7) is -0.531. The molecule has 0 aliphatic rings. The van der Waals surface area contributed by atoms with Crippen LogP contribution in [-0.4, -0.2) is 25.7 Å². The molecule has 0 saturated heterocycles. The number of aliphatic hydroxyl groups excluding tert-OH is 1. The zero-order valence-corrected chi connectivity index (χ0v) is 3.47. The van der Waals surface area contributed by atoms with Crippen molar-refractivity contribution in [3.8, 4) is 0 Å².